The Morgan fingerprint density at radius 3 is 2.24 bits per heavy atom. The van der Waals surface area contributed by atoms with Gasteiger partial charge in [0.15, 0.2) is 0 Å². The van der Waals surface area contributed by atoms with E-state index in [-0.39, 0.29) is 11.8 Å². The summed E-state index contributed by atoms with van der Waals surface area (Å²) in [6.07, 6.45) is 4.53. The maximum atomic E-state index is 12.6. The van der Waals surface area contributed by atoms with Gasteiger partial charge in [0.05, 0.1) is 0 Å². The second-order valence-corrected chi connectivity index (χ2v) is 7.64. The Balaban J connectivity index is 1.68. The van der Waals surface area contributed by atoms with Gasteiger partial charge in [0.1, 0.15) is 5.82 Å². The highest BCUT2D eigenvalue weighted by atomic mass is 16.2. The molecule has 0 unspecified atom stereocenters. The minimum absolute atomic E-state index is 0.255. The molecule has 2 aliphatic rings. The lowest BCUT2D eigenvalue weighted by Gasteiger charge is -2.36. The van der Waals surface area contributed by atoms with E-state index in [1.54, 1.807) is 0 Å². The maximum Gasteiger partial charge on any atom is 0.230 e. The van der Waals surface area contributed by atoms with Gasteiger partial charge in [-0.3, -0.25) is 4.79 Å². The summed E-state index contributed by atoms with van der Waals surface area (Å²) in [4.78, 5) is 32.5. The molecule has 0 aromatic carbocycles. The molecule has 0 spiro atoms. The average molecular weight is 346 g/mol. The van der Waals surface area contributed by atoms with E-state index in [2.05, 4.69) is 33.7 Å². The predicted molar refractivity (Wildman–Crippen MR) is 99.0 cm³/mol. The Kier molecular flexibility index (Phi) is 5.39. The van der Waals surface area contributed by atoms with Crippen LogP contribution in [0.5, 0.6) is 0 Å². The zero-order valence-electron chi connectivity index (χ0n) is 15.9. The number of nitrogens with zero attached hydrogens (tertiary/aromatic N) is 6. The first-order chi connectivity index (χ1) is 12.0. The Morgan fingerprint density at radius 1 is 1.04 bits per heavy atom. The number of amides is 1. The summed E-state index contributed by atoms with van der Waals surface area (Å²) in [6, 6.07) is 0. The lowest BCUT2D eigenvalue weighted by Crippen LogP contribution is -2.50. The second kappa shape index (κ2) is 7.54. The number of hydrogen-bond donors (Lipinski definition) is 0. The normalized spacial score (nSPS) is 18.9. The molecule has 1 aliphatic carbocycles. The van der Waals surface area contributed by atoms with Crippen LogP contribution in [-0.4, -0.2) is 66.0 Å². The molecule has 3 rings (SSSR count). The molecule has 2 fully saturated rings. The smallest absolute Gasteiger partial charge is 0.230 e. The number of rotatable bonds is 4. The molecule has 1 saturated carbocycles. The lowest BCUT2D eigenvalue weighted by atomic mass is 10.1. The van der Waals surface area contributed by atoms with E-state index in [0.29, 0.717) is 11.9 Å². The summed E-state index contributed by atoms with van der Waals surface area (Å²) in [5.41, 5.74) is 0. The first-order valence-electron chi connectivity index (χ1n) is 9.42. The zero-order valence-corrected chi connectivity index (χ0v) is 15.9. The fourth-order valence-electron chi connectivity index (χ4n) is 3.53. The minimum atomic E-state index is 0.255. The van der Waals surface area contributed by atoms with E-state index in [1.807, 2.05) is 23.9 Å². The number of aromatic nitrogens is 3. The summed E-state index contributed by atoms with van der Waals surface area (Å²) in [7, 11) is 3.89. The Hall–Kier alpha value is -1.92. The van der Waals surface area contributed by atoms with Crippen LogP contribution in [0.4, 0.5) is 11.9 Å². The van der Waals surface area contributed by atoms with Gasteiger partial charge in [0.25, 0.3) is 0 Å². The monoisotopic (exact) mass is 346 g/mol. The van der Waals surface area contributed by atoms with Crippen LogP contribution in [0.1, 0.15) is 51.3 Å². The third kappa shape index (κ3) is 4.02. The highest BCUT2D eigenvalue weighted by Crippen LogP contribution is 2.27. The van der Waals surface area contributed by atoms with E-state index in [0.717, 1.165) is 50.8 Å². The summed E-state index contributed by atoms with van der Waals surface area (Å²) in [5.74, 6) is 3.11. The summed E-state index contributed by atoms with van der Waals surface area (Å²) in [6.45, 7) is 7.28. The molecule has 1 aromatic heterocycles. The van der Waals surface area contributed by atoms with Crippen molar-refractivity contribution in [2.24, 2.45) is 5.92 Å². The van der Waals surface area contributed by atoms with E-state index in [1.165, 1.54) is 12.8 Å². The van der Waals surface area contributed by atoms with E-state index >= 15 is 0 Å². The van der Waals surface area contributed by atoms with Crippen LogP contribution in [0, 0.1) is 5.92 Å². The molecule has 0 radical (unpaired) electrons. The molecular formula is C18H30N6O. The molecule has 1 aliphatic heterocycles. The molecule has 1 amide bonds. The Labute approximate surface area is 150 Å². The van der Waals surface area contributed by atoms with Crippen molar-refractivity contribution in [2.45, 2.75) is 45.4 Å². The van der Waals surface area contributed by atoms with Crippen LogP contribution >= 0.6 is 0 Å². The van der Waals surface area contributed by atoms with Gasteiger partial charge < -0.3 is 14.7 Å². The molecule has 7 nitrogen and oxygen atoms in total. The number of carbonyl (C=O) groups excluding carboxylic acids is 1. The molecule has 25 heavy (non-hydrogen) atoms. The molecule has 0 atom stereocenters. The maximum absolute atomic E-state index is 12.6. The minimum Gasteiger partial charge on any atom is -0.347 e. The van der Waals surface area contributed by atoms with Crippen molar-refractivity contribution in [1.29, 1.82) is 0 Å². The molecule has 138 valence electrons. The Bertz CT molecular complexity index is 577. The van der Waals surface area contributed by atoms with Crippen LogP contribution in [-0.2, 0) is 4.79 Å². The van der Waals surface area contributed by atoms with Crippen molar-refractivity contribution in [3.8, 4) is 0 Å². The summed E-state index contributed by atoms with van der Waals surface area (Å²) >= 11 is 0. The highest BCUT2D eigenvalue weighted by molar-refractivity contribution is 5.79. The van der Waals surface area contributed by atoms with Crippen LogP contribution < -0.4 is 9.80 Å². The number of hydrogen-bond acceptors (Lipinski definition) is 6. The lowest BCUT2D eigenvalue weighted by molar-refractivity contribution is -0.135. The van der Waals surface area contributed by atoms with Gasteiger partial charge in [-0.05, 0) is 12.8 Å². The fourth-order valence-corrected chi connectivity index (χ4v) is 3.53. The van der Waals surface area contributed by atoms with Gasteiger partial charge >= 0.3 is 0 Å². The van der Waals surface area contributed by atoms with Crippen LogP contribution in [0.2, 0.25) is 0 Å². The van der Waals surface area contributed by atoms with Gasteiger partial charge in [-0.2, -0.15) is 15.0 Å². The molecule has 0 N–H and O–H groups in total. The molecule has 2 heterocycles. The third-order valence-corrected chi connectivity index (χ3v) is 5.12. The fraction of sp³-hybridized carbons (Fsp3) is 0.778. The zero-order chi connectivity index (χ0) is 18.0. The van der Waals surface area contributed by atoms with E-state index in [9.17, 15) is 4.79 Å². The van der Waals surface area contributed by atoms with Gasteiger partial charge in [0, 0.05) is 52.1 Å². The summed E-state index contributed by atoms with van der Waals surface area (Å²) in [5, 5.41) is 0. The van der Waals surface area contributed by atoms with Crippen LogP contribution in [0.3, 0.4) is 0 Å². The molecular weight excluding hydrogens is 316 g/mol. The highest BCUT2D eigenvalue weighted by Gasteiger charge is 2.30. The largest absolute Gasteiger partial charge is 0.347 e. The third-order valence-electron chi connectivity index (χ3n) is 5.12. The SMILES string of the molecule is CC(C)c1nc(N(C)C)nc(N2CCN(C(=O)C3CCCC3)CC2)n1. The van der Waals surface area contributed by atoms with Gasteiger partial charge in [-0.15, -0.1) is 0 Å². The molecule has 0 bridgehead atoms. The van der Waals surface area contributed by atoms with Gasteiger partial charge in [-0.25, -0.2) is 0 Å². The topological polar surface area (TPSA) is 65.5 Å². The average Bonchev–Trinajstić information content (AvgIpc) is 3.15. The first-order valence-corrected chi connectivity index (χ1v) is 9.42. The van der Waals surface area contributed by atoms with E-state index < -0.39 is 0 Å². The van der Waals surface area contributed by atoms with Gasteiger partial charge in [0.2, 0.25) is 17.8 Å². The van der Waals surface area contributed by atoms with Crippen molar-refractivity contribution in [3.63, 3.8) is 0 Å². The number of piperazine rings is 1. The number of carbonyl (C=O) groups is 1. The van der Waals surface area contributed by atoms with Crippen LogP contribution in [0.15, 0.2) is 0 Å². The molecule has 7 heteroatoms. The number of anilines is 2. The van der Waals surface area contributed by atoms with Crippen LogP contribution in [0.25, 0.3) is 0 Å². The van der Waals surface area contributed by atoms with E-state index in [4.69, 9.17) is 0 Å². The quantitative estimate of drug-likeness (QED) is 0.830. The standard InChI is InChI=1S/C18H30N6O/c1-13(2)15-19-17(22(3)4)21-18(20-15)24-11-9-23(10-12-24)16(25)14-7-5-6-8-14/h13-14H,5-12H2,1-4H3. The Morgan fingerprint density at radius 2 is 1.68 bits per heavy atom. The molecule has 1 saturated heterocycles. The predicted octanol–water partition coefficient (Wildman–Crippen LogP) is 1.90. The summed E-state index contributed by atoms with van der Waals surface area (Å²) < 4.78 is 0. The van der Waals surface area contributed by atoms with Crippen molar-refractivity contribution in [3.05, 3.63) is 5.82 Å². The van der Waals surface area contributed by atoms with Crippen molar-refractivity contribution in [1.82, 2.24) is 19.9 Å². The second-order valence-electron chi connectivity index (χ2n) is 7.64. The van der Waals surface area contributed by atoms with Crippen molar-refractivity contribution in [2.75, 3.05) is 50.1 Å². The molecule has 1 aromatic rings. The first kappa shape index (κ1) is 17.9. The van der Waals surface area contributed by atoms with Crippen molar-refractivity contribution >= 4 is 17.8 Å². The van der Waals surface area contributed by atoms with Crippen molar-refractivity contribution < 1.29 is 4.79 Å². The van der Waals surface area contributed by atoms with Gasteiger partial charge in [-0.1, -0.05) is 26.7 Å².